The first-order valence-electron chi connectivity index (χ1n) is 5.10. The Hall–Kier alpha value is -2.30. The molecule has 0 aliphatic heterocycles. The topological polar surface area (TPSA) is 70.3 Å². The van der Waals surface area contributed by atoms with Crippen molar-refractivity contribution in [2.24, 2.45) is 0 Å². The van der Waals surface area contributed by atoms with Crippen molar-refractivity contribution < 1.29 is 9.47 Å². The van der Waals surface area contributed by atoms with Crippen LogP contribution in [0, 0.1) is 6.92 Å². The van der Waals surface area contributed by atoms with Gasteiger partial charge in [0.2, 0.25) is 5.88 Å². The average molecular weight is 231 g/mol. The summed E-state index contributed by atoms with van der Waals surface area (Å²) in [5.41, 5.74) is 6.13. The number of aromatic nitrogens is 2. The van der Waals surface area contributed by atoms with E-state index in [0.717, 1.165) is 5.75 Å². The Morgan fingerprint density at radius 2 is 1.76 bits per heavy atom. The zero-order valence-corrected chi connectivity index (χ0v) is 9.68. The summed E-state index contributed by atoms with van der Waals surface area (Å²) in [6, 6.07) is 7.19. The third-order valence-electron chi connectivity index (χ3n) is 2.17. The molecule has 1 aromatic carbocycles. The first kappa shape index (κ1) is 11.2. The fraction of sp³-hybridized carbons (Fsp3) is 0.167. The molecule has 88 valence electrons. The van der Waals surface area contributed by atoms with Crippen molar-refractivity contribution in [1.82, 2.24) is 9.97 Å². The SMILES string of the molecule is COc1ccc(Oc2nc(C)ncc2N)cc1. The largest absolute Gasteiger partial charge is 0.497 e. The number of ether oxygens (including phenoxy) is 2. The molecule has 0 unspecified atom stereocenters. The van der Waals surface area contributed by atoms with E-state index in [0.29, 0.717) is 23.1 Å². The van der Waals surface area contributed by atoms with Gasteiger partial charge >= 0.3 is 0 Å². The van der Waals surface area contributed by atoms with Gasteiger partial charge in [-0.25, -0.2) is 4.98 Å². The molecule has 1 aromatic heterocycles. The van der Waals surface area contributed by atoms with Gasteiger partial charge in [-0.2, -0.15) is 4.98 Å². The van der Waals surface area contributed by atoms with E-state index in [-0.39, 0.29) is 0 Å². The molecule has 0 radical (unpaired) electrons. The highest BCUT2D eigenvalue weighted by atomic mass is 16.5. The van der Waals surface area contributed by atoms with Crippen LogP contribution >= 0.6 is 0 Å². The molecule has 0 aliphatic carbocycles. The molecule has 0 atom stereocenters. The van der Waals surface area contributed by atoms with Crippen LogP contribution in [-0.2, 0) is 0 Å². The van der Waals surface area contributed by atoms with Gasteiger partial charge in [0.1, 0.15) is 23.0 Å². The van der Waals surface area contributed by atoms with Crippen LogP contribution < -0.4 is 15.2 Å². The highest BCUT2D eigenvalue weighted by Crippen LogP contribution is 2.25. The summed E-state index contributed by atoms with van der Waals surface area (Å²) in [5.74, 6) is 2.39. The van der Waals surface area contributed by atoms with Gasteiger partial charge < -0.3 is 15.2 Å². The molecule has 5 nitrogen and oxygen atoms in total. The summed E-state index contributed by atoms with van der Waals surface area (Å²) in [6.45, 7) is 1.78. The first-order valence-corrected chi connectivity index (χ1v) is 5.10. The second-order valence-corrected chi connectivity index (χ2v) is 3.46. The Labute approximate surface area is 99.2 Å². The summed E-state index contributed by atoms with van der Waals surface area (Å²) in [4.78, 5) is 8.09. The molecule has 2 rings (SSSR count). The predicted octanol–water partition coefficient (Wildman–Crippen LogP) is 2.17. The fourth-order valence-electron chi connectivity index (χ4n) is 1.30. The number of hydrogen-bond acceptors (Lipinski definition) is 5. The molecule has 5 heteroatoms. The lowest BCUT2D eigenvalue weighted by molar-refractivity contribution is 0.412. The number of rotatable bonds is 3. The quantitative estimate of drug-likeness (QED) is 0.876. The second-order valence-electron chi connectivity index (χ2n) is 3.46. The smallest absolute Gasteiger partial charge is 0.246 e. The maximum atomic E-state index is 5.72. The molecule has 0 bridgehead atoms. The van der Waals surface area contributed by atoms with E-state index in [2.05, 4.69) is 9.97 Å². The van der Waals surface area contributed by atoms with Crippen LogP contribution in [0.2, 0.25) is 0 Å². The van der Waals surface area contributed by atoms with Gasteiger partial charge in [-0.05, 0) is 31.2 Å². The summed E-state index contributed by atoms with van der Waals surface area (Å²) >= 11 is 0. The normalized spacial score (nSPS) is 10.0. The van der Waals surface area contributed by atoms with Gasteiger partial charge in [-0.3, -0.25) is 0 Å². The number of anilines is 1. The zero-order chi connectivity index (χ0) is 12.3. The van der Waals surface area contributed by atoms with E-state index < -0.39 is 0 Å². The number of benzene rings is 1. The van der Waals surface area contributed by atoms with Crippen molar-refractivity contribution in [1.29, 1.82) is 0 Å². The van der Waals surface area contributed by atoms with E-state index in [1.807, 2.05) is 0 Å². The Morgan fingerprint density at radius 3 is 2.41 bits per heavy atom. The van der Waals surface area contributed by atoms with Gasteiger partial charge in [0.05, 0.1) is 13.3 Å². The molecular formula is C12H13N3O2. The van der Waals surface area contributed by atoms with Crippen LogP contribution in [0.4, 0.5) is 5.69 Å². The van der Waals surface area contributed by atoms with Crippen molar-refractivity contribution in [2.75, 3.05) is 12.8 Å². The highest BCUT2D eigenvalue weighted by Gasteiger charge is 2.05. The van der Waals surface area contributed by atoms with Gasteiger partial charge in [0, 0.05) is 0 Å². The molecule has 0 amide bonds. The first-order chi connectivity index (χ1) is 8.19. The van der Waals surface area contributed by atoms with Gasteiger partial charge in [0.25, 0.3) is 0 Å². The number of nitrogen functional groups attached to an aromatic ring is 1. The molecule has 2 N–H and O–H groups in total. The van der Waals surface area contributed by atoms with Crippen molar-refractivity contribution in [3.05, 3.63) is 36.3 Å². The maximum absolute atomic E-state index is 5.72. The fourth-order valence-corrected chi connectivity index (χ4v) is 1.30. The van der Waals surface area contributed by atoms with Crippen LogP contribution in [0.3, 0.4) is 0 Å². The molecular weight excluding hydrogens is 218 g/mol. The molecule has 0 saturated heterocycles. The summed E-state index contributed by atoms with van der Waals surface area (Å²) in [7, 11) is 1.61. The van der Waals surface area contributed by atoms with Crippen molar-refractivity contribution in [3.8, 4) is 17.4 Å². The third kappa shape index (κ3) is 2.63. The Morgan fingerprint density at radius 1 is 1.12 bits per heavy atom. The highest BCUT2D eigenvalue weighted by molar-refractivity contribution is 5.47. The standard InChI is InChI=1S/C12H13N3O2/c1-8-14-7-11(13)12(15-8)17-10-5-3-9(16-2)4-6-10/h3-7H,13H2,1-2H3. The number of nitrogens with two attached hydrogens (primary N) is 1. The lowest BCUT2D eigenvalue weighted by atomic mass is 10.3. The molecule has 1 heterocycles. The van der Waals surface area contributed by atoms with Gasteiger partial charge in [0.15, 0.2) is 0 Å². The van der Waals surface area contributed by atoms with Crippen molar-refractivity contribution in [3.63, 3.8) is 0 Å². The minimum atomic E-state index is 0.364. The van der Waals surface area contributed by atoms with Crippen molar-refractivity contribution in [2.45, 2.75) is 6.92 Å². The number of nitrogens with zero attached hydrogens (tertiary/aromatic N) is 2. The van der Waals surface area contributed by atoms with E-state index in [9.17, 15) is 0 Å². The van der Waals surface area contributed by atoms with Crippen LogP contribution in [0.25, 0.3) is 0 Å². The van der Waals surface area contributed by atoms with E-state index >= 15 is 0 Å². The molecule has 17 heavy (non-hydrogen) atoms. The predicted molar refractivity (Wildman–Crippen MR) is 64.2 cm³/mol. The zero-order valence-electron chi connectivity index (χ0n) is 9.68. The van der Waals surface area contributed by atoms with Crippen molar-refractivity contribution >= 4 is 5.69 Å². The van der Waals surface area contributed by atoms with Crippen LogP contribution in [-0.4, -0.2) is 17.1 Å². The maximum Gasteiger partial charge on any atom is 0.246 e. The minimum absolute atomic E-state index is 0.364. The molecule has 2 aromatic rings. The van der Waals surface area contributed by atoms with Crippen LogP contribution in [0.5, 0.6) is 17.4 Å². The molecule has 0 saturated carbocycles. The third-order valence-corrected chi connectivity index (χ3v) is 2.17. The molecule has 0 spiro atoms. The Bertz CT molecular complexity index is 512. The van der Waals surface area contributed by atoms with E-state index in [1.165, 1.54) is 6.20 Å². The van der Waals surface area contributed by atoms with Crippen LogP contribution in [0.1, 0.15) is 5.82 Å². The minimum Gasteiger partial charge on any atom is -0.497 e. The van der Waals surface area contributed by atoms with E-state index in [4.69, 9.17) is 15.2 Å². The van der Waals surface area contributed by atoms with Gasteiger partial charge in [-0.15, -0.1) is 0 Å². The monoisotopic (exact) mass is 231 g/mol. The van der Waals surface area contributed by atoms with Crippen LogP contribution in [0.15, 0.2) is 30.5 Å². The molecule has 0 fully saturated rings. The molecule has 0 aliphatic rings. The number of hydrogen-bond donors (Lipinski definition) is 1. The van der Waals surface area contributed by atoms with E-state index in [1.54, 1.807) is 38.3 Å². The summed E-state index contributed by atoms with van der Waals surface area (Å²) < 4.78 is 10.6. The lowest BCUT2D eigenvalue weighted by Crippen LogP contribution is -1.98. The Balaban J connectivity index is 2.22. The lowest BCUT2D eigenvalue weighted by Gasteiger charge is -2.07. The second kappa shape index (κ2) is 4.69. The number of methoxy groups -OCH3 is 1. The Kier molecular flexibility index (Phi) is 3.09. The number of aryl methyl sites for hydroxylation is 1. The summed E-state index contributed by atoms with van der Waals surface area (Å²) in [6.07, 6.45) is 1.53. The van der Waals surface area contributed by atoms with Gasteiger partial charge in [-0.1, -0.05) is 0 Å². The average Bonchev–Trinajstić information content (AvgIpc) is 2.35. The summed E-state index contributed by atoms with van der Waals surface area (Å²) in [5, 5.41) is 0.